The van der Waals surface area contributed by atoms with Crippen molar-refractivity contribution in [2.24, 2.45) is 5.73 Å². The molecule has 0 amide bonds. The third kappa shape index (κ3) is 3.54. The fraction of sp³-hybridized carbons (Fsp3) is 0.462. The standard InChI is InChI=1S/C13H18N2O3S2/c14-13(19)12-4-2-1-3-10(12)9-20(17,18)15(7-8-16)11-5-6-11/h1-4,11,16H,5-9H2,(H2,14,19). The van der Waals surface area contributed by atoms with Crippen molar-refractivity contribution in [2.75, 3.05) is 13.2 Å². The van der Waals surface area contributed by atoms with Crippen LogP contribution in [0.3, 0.4) is 0 Å². The van der Waals surface area contributed by atoms with E-state index in [2.05, 4.69) is 0 Å². The van der Waals surface area contributed by atoms with Gasteiger partial charge in [-0.2, -0.15) is 4.31 Å². The van der Waals surface area contributed by atoms with E-state index in [1.165, 1.54) is 4.31 Å². The maximum absolute atomic E-state index is 12.5. The summed E-state index contributed by atoms with van der Waals surface area (Å²) < 4.78 is 26.3. The van der Waals surface area contributed by atoms with Crippen LogP contribution in [0.4, 0.5) is 0 Å². The Kier molecular flexibility index (Phi) is 4.74. The van der Waals surface area contributed by atoms with Crippen LogP contribution in [-0.4, -0.2) is 42.0 Å². The SMILES string of the molecule is NC(=S)c1ccccc1CS(=O)(=O)N(CCO)C1CC1. The lowest BCUT2D eigenvalue weighted by molar-refractivity contribution is 0.250. The normalized spacial score (nSPS) is 15.5. The third-order valence-corrected chi connectivity index (χ3v) is 5.34. The summed E-state index contributed by atoms with van der Waals surface area (Å²) in [5, 5.41) is 9.04. The molecular weight excluding hydrogens is 296 g/mol. The van der Waals surface area contributed by atoms with E-state index in [0.717, 1.165) is 12.8 Å². The van der Waals surface area contributed by atoms with Gasteiger partial charge < -0.3 is 10.8 Å². The van der Waals surface area contributed by atoms with E-state index in [4.69, 9.17) is 23.1 Å². The lowest BCUT2D eigenvalue weighted by Crippen LogP contribution is -2.36. The lowest BCUT2D eigenvalue weighted by atomic mass is 10.1. The minimum atomic E-state index is -3.47. The summed E-state index contributed by atoms with van der Waals surface area (Å²) in [5.41, 5.74) is 6.81. The molecule has 20 heavy (non-hydrogen) atoms. The van der Waals surface area contributed by atoms with Crippen LogP contribution in [-0.2, 0) is 15.8 Å². The number of hydrogen-bond acceptors (Lipinski definition) is 4. The zero-order valence-electron chi connectivity index (χ0n) is 11.0. The molecule has 0 aliphatic heterocycles. The molecular formula is C13H18N2O3S2. The highest BCUT2D eigenvalue weighted by Gasteiger charge is 2.36. The summed E-state index contributed by atoms with van der Waals surface area (Å²) >= 11 is 4.95. The van der Waals surface area contributed by atoms with Crippen molar-refractivity contribution in [3.8, 4) is 0 Å². The minimum absolute atomic E-state index is 0.0316. The number of nitrogens with two attached hydrogens (primary N) is 1. The number of nitrogens with zero attached hydrogens (tertiary/aromatic N) is 1. The number of rotatable bonds is 7. The molecule has 0 radical (unpaired) electrons. The zero-order chi connectivity index (χ0) is 14.8. The van der Waals surface area contributed by atoms with Gasteiger partial charge in [0.2, 0.25) is 10.0 Å². The Morgan fingerprint density at radius 2 is 2.05 bits per heavy atom. The third-order valence-electron chi connectivity index (χ3n) is 3.25. The van der Waals surface area contributed by atoms with Crippen molar-refractivity contribution in [2.45, 2.75) is 24.6 Å². The topological polar surface area (TPSA) is 83.6 Å². The molecule has 110 valence electrons. The van der Waals surface area contributed by atoms with Gasteiger partial charge in [0, 0.05) is 18.2 Å². The average molecular weight is 314 g/mol. The van der Waals surface area contributed by atoms with Gasteiger partial charge in [-0.3, -0.25) is 0 Å². The fourth-order valence-corrected chi connectivity index (χ4v) is 4.21. The Morgan fingerprint density at radius 3 is 2.60 bits per heavy atom. The maximum Gasteiger partial charge on any atom is 0.218 e. The van der Waals surface area contributed by atoms with Crippen LogP contribution < -0.4 is 5.73 Å². The first-order chi connectivity index (χ1) is 9.45. The molecule has 7 heteroatoms. The molecule has 3 N–H and O–H groups in total. The van der Waals surface area contributed by atoms with Crippen molar-refractivity contribution >= 4 is 27.2 Å². The minimum Gasteiger partial charge on any atom is -0.395 e. The number of sulfonamides is 1. The second-order valence-electron chi connectivity index (χ2n) is 4.84. The van der Waals surface area contributed by atoms with Gasteiger partial charge in [0.25, 0.3) is 0 Å². The first kappa shape index (κ1) is 15.4. The number of hydrogen-bond donors (Lipinski definition) is 2. The monoisotopic (exact) mass is 314 g/mol. The van der Waals surface area contributed by atoms with Gasteiger partial charge in [-0.15, -0.1) is 0 Å². The lowest BCUT2D eigenvalue weighted by Gasteiger charge is -2.21. The van der Waals surface area contributed by atoms with Crippen molar-refractivity contribution in [3.63, 3.8) is 0 Å². The van der Waals surface area contributed by atoms with Gasteiger partial charge in [0.15, 0.2) is 0 Å². The Hall–Kier alpha value is -1.02. The maximum atomic E-state index is 12.5. The summed E-state index contributed by atoms with van der Waals surface area (Å²) in [6.07, 6.45) is 1.71. The predicted octanol–water partition coefficient (Wildman–Crippen LogP) is 0.607. The second kappa shape index (κ2) is 6.17. The Bertz CT molecular complexity index is 597. The highest BCUT2D eigenvalue weighted by atomic mass is 32.2. The van der Waals surface area contributed by atoms with Crippen molar-refractivity contribution in [1.82, 2.24) is 4.31 Å². The molecule has 2 rings (SSSR count). The summed E-state index contributed by atoms with van der Waals surface area (Å²) in [7, 11) is -3.47. The molecule has 0 heterocycles. The predicted molar refractivity (Wildman–Crippen MR) is 81.8 cm³/mol. The molecule has 1 saturated carbocycles. The van der Waals surface area contributed by atoms with Gasteiger partial charge in [0.05, 0.1) is 12.4 Å². The van der Waals surface area contributed by atoms with E-state index in [9.17, 15) is 8.42 Å². The number of aliphatic hydroxyl groups is 1. The zero-order valence-corrected chi connectivity index (χ0v) is 12.7. The number of benzene rings is 1. The van der Waals surface area contributed by atoms with Crippen LogP contribution in [0.25, 0.3) is 0 Å². The molecule has 0 bridgehead atoms. The van der Waals surface area contributed by atoms with E-state index < -0.39 is 10.0 Å². The van der Waals surface area contributed by atoms with Gasteiger partial charge in [-0.05, 0) is 18.4 Å². The van der Waals surface area contributed by atoms with E-state index in [1.54, 1.807) is 24.3 Å². The van der Waals surface area contributed by atoms with Crippen LogP contribution in [0.5, 0.6) is 0 Å². The highest BCUT2D eigenvalue weighted by molar-refractivity contribution is 7.88. The largest absolute Gasteiger partial charge is 0.395 e. The molecule has 0 saturated heterocycles. The Labute approximate surface area is 124 Å². The van der Waals surface area contributed by atoms with Crippen molar-refractivity contribution in [3.05, 3.63) is 35.4 Å². The molecule has 1 aliphatic rings. The first-order valence-electron chi connectivity index (χ1n) is 6.44. The summed E-state index contributed by atoms with van der Waals surface area (Å²) in [6.45, 7) is -0.0328. The highest BCUT2D eigenvalue weighted by Crippen LogP contribution is 2.30. The number of thiocarbonyl (C=S) groups is 1. The van der Waals surface area contributed by atoms with Crippen molar-refractivity contribution in [1.29, 1.82) is 0 Å². The molecule has 0 spiro atoms. The van der Waals surface area contributed by atoms with Crippen molar-refractivity contribution < 1.29 is 13.5 Å². The van der Waals surface area contributed by atoms with E-state index in [-0.39, 0.29) is 29.9 Å². The fourth-order valence-electron chi connectivity index (χ4n) is 2.18. The van der Waals surface area contributed by atoms with Crippen LogP contribution in [0.15, 0.2) is 24.3 Å². The van der Waals surface area contributed by atoms with E-state index in [0.29, 0.717) is 11.1 Å². The molecule has 1 fully saturated rings. The molecule has 5 nitrogen and oxygen atoms in total. The molecule has 0 unspecified atom stereocenters. The van der Waals surface area contributed by atoms with Gasteiger partial charge in [0.1, 0.15) is 4.99 Å². The van der Waals surface area contributed by atoms with E-state index in [1.807, 2.05) is 0 Å². The summed E-state index contributed by atoms with van der Waals surface area (Å²) in [5.74, 6) is -0.142. The smallest absolute Gasteiger partial charge is 0.218 e. The van der Waals surface area contributed by atoms with Gasteiger partial charge in [-0.1, -0.05) is 36.5 Å². The molecule has 1 aromatic carbocycles. The summed E-state index contributed by atoms with van der Waals surface area (Å²) in [6, 6.07) is 7.01. The summed E-state index contributed by atoms with van der Waals surface area (Å²) in [4.78, 5) is 0.191. The van der Waals surface area contributed by atoms with Crippen LogP contribution in [0.2, 0.25) is 0 Å². The average Bonchev–Trinajstić information content (AvgIpc) is 3.19. The molecule has 0 aromatic heterocycles. The second-order valence-corrected chi connectivity index (χ2v) is 7.20. The molecule has 1 aromatic rings. The first-order valence-corrected chi connectivity index (χ1v) is 8.45. The number of aliphatic hydroxyl groups excluding tert-OH is 1. The van der Waals surface area contributed by atoms with E-state index >= 15 is 0 Å². The molecule has 1 aliphatic carbocycles. The molecule has 0 atom stereocenters. The Morgan fingerprint density at radius 1 is 1.40 bits per heavy atom. The van der Waals surface area contributed by atoms with Gasteiger partial charge in [-0.25, -0.2) is 8.42 Å². The van der Waals surface area contributed by atoms with Crippen LogP contribution in [0.1, 0.15) is 24.0 Å². The van der Waals surface area contributed by atoms with Crippen LogP contribution >= 0.6 is 12.2 Å². The Balaban J connectivity index is 2.25. The van der Waals surface area contributed by atoms with Gasteiger partial charge >= 0.3 is 0 Å². The van der Waals surface area contributed by atoms with Crippen LogP contribution in [0, 0.1) is 0 Å². The quantitative estimate of drug-likeness (QED) is 0.720.